The van der Waals surface area contributed by atoms with E-state index < -0.39 is 0 Å². The normalized spacial score (nSPS) is 17.2. The minimum atomic E-state index is 0.0147. The highest BCUT2D eigenvalue weighted by Gasteiger charge is 2.32. The van der Waals surface area contributed by atoms with Crippen molar-refractivity contribution in [3.63, 3.8) is 0 Å². The van der Waals surface area contributed by atoms with Gasteiger partial charge in [0.15, 0.2) is 0 Å². The monoisotopic (exact) mass is 239 g/mol. The van der Waals surface area contributed by atoms with Gasteiger partial charge in [0, 0.05) is 11.0 Å². The highest BCUT2D eigenvalue weighted by Crippen LogP contribution is 2.41. The van der Waals surface area contributed by atoms with Crippen molar-refractivity contribution in [1.82, 2.24) is 5.16 Å². The van der Waals surface area contributed by atoms with Crippen molar-refractivity contribution >= 4 is 11.6 Å². The van der Waals surface area contributed by atoms with E-state index in [1.807, 2.05) is 6.20 Å². The van der Waals surface area contributed by atoms with Crippen LogP contribution in [0.15, 0.2) is 35.0 Å². The third-order valence-electron chi connectivity index (χ3n) is 3.60. The Morgan fingerprint density at radius 2 is 1.89 bits per heavy atom. The minimum absolute atomic E-state index is 0.0147. The largest absolute Gasteiger partial charge is 0.360 e. The first-order valence-electron chi connectivity index (χ1n) is 6.29. The van der Waals surface area contributed by atoms with Gasteiger partial charge in [0.1, 0.15) is 5.76 Å². The summed E-state index contributed by atoms with van der Waals surface area (Å²) in [5.74, 6) is 0.998. The summed E-state index contributed by atoms with van der Waals surface area (Å²) < 4.78 is 5.38. The molecule has 0 unspecified atom stereocenters. The molecule has 0 amide bonds. The van der Waals surface area contributed by atoms with Gasteiger partial charge in [-0.1, -0.05) is 48.8 Å². The number of aromatic nitrogens is 1. The summed E-state index contributed by atoms with van der Waals surface area (Å²) in [6.07, 6.45) is 4.99. The highest BCUT2D eigenvalue weighted by molar-refractivity contribution is 5.84. The number of hydrogen-bond donors (Lipinski definition) is 0. The maximum atomic E-state index is 5.38. The number of hydrogen-bond acceptors (Lipinski definition) is 2. The van der Waals surface area contributed by atoms with Crippen LogP contribution in [0.3, 0.4) is 0 Å². The molecular weight excluding hydrogens is 222 g/mol. The molecule has 2 nitrogen and oxygen atoms in total. The van der Waals surface area contributed by atoms with Crippen LogP contribution in [0.4, 0.5) is 0 Å². The molecule has 1 aliphatic rings. The molecule has 18 heavy (non-hydrogen) atoms. The fourth-order valence-corrected chi connectivity index (χ4v) is 2.61. The first kappa shape index (κ1) is 11.3. The molecule has 1 aromatic heterocycles. The quantitative estimate of drug-likeness (QED) is 0.745. The Kier molecular flexibility index (Phi) is 2.40. The lowest BCUT2D eigenvalue weighted by Crippen LogP contribution is -2.20. The van der Waals surface area contributed by atoms with E-state index >= 15 is 0 Å². The zero-order valence-electron chi connectivity index (χ0n) is 11.0. The first-order chi connectivity index (χ1) is 8.56. The van der Waals surface area contributed by atoms with Gasteiger partial charge in [-0.25, -0.2) is 0 Å². The Labute approximate surface area is 107 Å². The molecule has 0 N–H and O–H groups in total. The van der Waals surface area contributed by atoms with E-state index in [2.05, 4.69) is 56.3 Å². The second-order valence-corrected chi connectivity index (χ2v) is 5.71. The fraction of sp³-hybridized carbons (Fsp3) is 0.312. The van der Waals surface area contributed by atoms with Crippen molar-refractivity contribution in [2.75, 3.05) is 0 Å². The molecule has 0 fully saturated rings. The second-order valence-electron chi connectivity index (χ2n) is 5.71. The van der Waals surface area contributed by atoms with Gasteiger partial charge in [0.2, 0.25) is 0 Å². The highest BCUT2D eigenvalue weighted by atomic mass is 16.5. The summed E-state index contributed by atoms with van der Waals surface area (Å²) in [6.45, 7) is 6.53. The molecule has 0 atom stereocenters. The number of benzene rings is 1. The van der Waals surface area contributed by atoms with Gasteiger partial charge in [-0.3, -0.25) is 0 Å². The second kappa shape index (κ2) is 3.84. The van der Waals surface area contributed by atoms with Gasteiger partial charge in [0.25, 0.3) is 0 Å². The van der Waals surface area contributed by atoms with Crippen LogP contribution in [-0.2, 0) is 5.41 Å². The topological polar surface area (TPSA) is 26.0 Å². The molecule has 0 bridgehead atoms. The molecule has 0 saturated carbocycles. The van der Waals surface area contributed by atoms with E-state index in [1.54, 1.807) is 0 Å². The summed E-state index contributed by atoms with van der Waals surface area (Å²) in [5, 5.41) is 3.92. The Morgan fingerprint density at radius 1 is 1.17 bits per heavy atom. The summed E-state index contributed by atoms with van der Waals surface area (Å²) in [5.41, 5.74) is 5.07. The molecule has 92 valence electrons. The van der Waals surface area contributed by atoms with E-state index in [0.29, 0.717) is 0 Å². The molecule has 0 spiro atoms. The molecular formula is C16H17NO. The maximum Gasteiger partial charge on any atom is 0.149 e. The number of aryl methyl sites for hydroxylation is 1. The van der Waals surface area contributed by atoms with Crippen LogP contribution in [0.25, 0.3) is 11.6 Å². The maximum absolute atomic E-state index is 5.38. The van der Waals surface area contributed by atoms with E-state index in [-0.39, 0.29) is 5.41 Å². The van der Waals surface area contributed by atoms with Gasteiger partial charge in [0.05, 0.1) is 6.20 Å². The summed E-state index contributed by atoms with van der Waals surface area (Å²) >= 11 is 0. The minimum Gasteiger partial charge on any atom is -0.360 e. The molecule has 2 aromatic rings. The van der Waals surface area contributed by atoms with Crippen LogP contribution in [0.5, 0.6) is 0 Å². The predicted molar refractivity (Wildman–Crippen MR) is 73.2 cm³/mol. The van der Waals surface area contributed by atoms with Gasteiger partial charge in [-0.15, -0.1) is 0 Å². The molecule has 1 aromatic carbocycles. The van der Waals surface area contributed by atoms with Crippen molar-refractivity contribution in [1.29, 1.82) is 0 Å². The van der Waals surface area contributed by atoms with E-state index in [0.717, 1.165) is 17.7 Å². The summed E-state index contributed by atoms with van der Waals surface area (Å²) in [6, 6.07) is 8.70. The lowest BCUT2D eigenvalue weighted by Gasteiger charge is -2.27. The SMILES string of the molecule is Cc1ccc(C2=Cc3cnoc3C(C)(C)C2)cc1. The number of allylic oxidation sites excluding steroid dienone is 1. The fourth-order valence-electron chi connectivity index (χ4n) is 2.61. The Hall–Kier alpha value is -1.83. The van der Waals surface area contributed by atoms with Gasteiger partial charge < -0.3 is 4.52 Å². The average Bonchev–Trinajstić information content (AvgIpc) is 2.78. The molecule has 3 rings (SSSR count). The van der Waals surface area contributed by atoms with Crippen molar-refractivity contribution in [2.45, 2.75) is 32.6 Å². The van der Waals surface area contributed by atoms with Gasteiger partial charge >= 0.3 is 0 Å². The van der Waals surface area contributed by atoms with Crippen LogP contribution in [0.1, 0.15) is 42.7 Å². The van der Waals surface area contributed by atoms with Crippen LogP contribution >= 0.6 is 0 Å². The van der Waals surface area contributed by atoms with Crippen LogP contribution in [-0.4, -0.2) is 5.16 Å². The standard InChI is InChI=1S/C16H17NO/c1-11-4-6-12(7-5-11)13-8-14-10-17-18-15(14)16(2,3)9-13/h4-8,10H,9H2,1-3H3. The number of rotatable bonds is 1. The van der Waals surface area contributed by atoms with Gasteiger partial charge in [-0.05, 0) is 30.6 Å². The zero-order valence-corrected chi connectivity index (χ0v) is 11.0. The Balaban J connectivity index is 2.08. The molecule has 1 aliphatic carbocycles. The Morgan fingerprint density at radius 3 is 2.61 bits per heavy atom. The van der Waals surface area contributed by atoms with Crippen molar-refractivity contribution < 1.29 is 4.52 Å². The lowest BCUT2D eigenvalue weighted by atomic mass is 9.76. The van der Waals surface area contributed by atoms with Crippen molar-refractivity contribution in [3.05, 3.63) is 52.9 Å². The molecule has 0 saturated heterocycles. The Bertz CT molecular complexity index is 602. The third-order valence-corrected chi connectivity index (χ3v) is 3.60. The molecule has 2 heteroatoms. The molecule has 1 heterocycles. The van der Waals surface area contributed by atoms with Crippen LogP contribution in [0.2, 0.25) is 0 Å². The predicted octanol–water partition coefficient (Wildman–Crippen LogP) is 4.20. The first-order valence-corrected chi connectivity index (χ1v) is 6.29. The molecule has 0 aliphatic heterocycles. The van der Waals surface area contributed by atoms with Gasteiger partial charge in [-0.2, -0.15) is 0 Å². The third kappa shape index (κ3) is 1.78. The number of fused-ring (bicyclic) bond motifs is 1. The lowest BCUT2D eigenvalue weighted by molar-refractivity contribution is 0.317. The average molecular weight is 239 g/mol. The van der Waals surface area contributed by atoms with Crippen LogP contribution in [0, 0.1) is 6.92 Å². The van der Waals surface area contributed by atoms with Crippen molar-refractivity contribution in [2.24, 2.45) is 0 Å². The molecule has 0 radical (unpaired) electrons. The van der Waals surface area contributed by atoms with E-state index in [1.165, 1.54) is 16.7 Å². The van der Waals surface area contributed by atoms with E-state index in [4.69, 9.17) is 4.52 Å². The van der Waals surface area contributed by atoms with Crippen molar-refractivity contribution in [3.8, 4) is 0 Å². The van der Waals surface area contributed by atoms with E-state index in [9.17, 15) is 0 Å². The summed E-state index contributed by atoms with van der Waals surface area (Å²) in [4.78, 5) is 0. The van der Waals surface area contributed by atoms with Crippen LogP contribution < -0.4 is 0 Å². The smallest absolute Gasteiger partial charge is 0.149 e. The zero-order chi connectivity index (χ0) is 12.8. The number of nitrogens with zero attached hydrogens (tertiary/aromatic N) is 1. The summed E-state index contributed by atoms with van der Waals surface area (Å²) in [7, 11) is 0.